The molecule has 0 aliphatic heterocycles. The fraction of sp³-hybridized carbons (Fsp3) is 0.400. The summed E-state index contributed by atoms with van der Waals surface area (Å²) in [6.45, 7) is 6.73. The van der Waals surface area contributed by atoms with Gasteiger partial charge in [0.15, 0.2) is 0 Å². The third kappa shape index (κ3) is 5.79. The Hall–Kier alpha value is -1.48. The molecule has 0 aromatic heterocycles. The summed E-state index contributed by atoms with van der Waals surface area (Å²) in [5, 5.41) is 6.26. The Morgan fingerprint density at radius 2 is 2.05 bits per heavy atom. The Bertz CT molecular complexity index is 455. The average molecular weight is 281 g/mol. The number of halogens is 1. The van der Waals surface area contributed by atoms with Crippen molar-refractivity contribution in [2.75, 3.05) is 6.54 Å². The lowest BCUT2D eigenvalue weighted by Gasteiger charge is -2.08. The molecule has 0 saturated heterocycles. The zero-order chi connectivity index (χ0) is 14.3. The molecule has 0 aliphatic rings. The van der Waals surface area contributed by atoms with E-state index in [1.807, 2.05) is 31.2 Å². The maximum absolute atomic E-state index is 11.5. The van der Waals surface area contributed by atoms with Gasteiger partial charge in [-0.1, -0.05) is 49.2 Å². The monoisotopic (exact) mass is 280 g/mol. The number of amides is 2. The van der Waals surface area contributed by atoms with E-state index in [-0.39, 0.29) is 6.03 Å². The molecular weight excluding hydrogens is 260 g/mol. The van der Waals surface area contributed by atoms with Crippen molar-refractivity contribution in [3.05, 3.63) is 46.6 Å². The highest BCUT2D eigenvalue weighted by Crippen LogP contribution is 2.14. The molecule has 104 valence electrons. The molecule has 0 heterocycles. The summed E-state index contributed by atoms with van der Waals surface area (Å²) >= 11 is 6.04. The molecule has 0 fully saturated rings. The molecule has 2 N–H and O–H groups in total. The van der Waals surface area contributed by atoms with Gasteiger partial charge in [-0.15, -0.1) is 0 Å². The van der Waals surface area contributed by atoms with Gasteiger partial charge in [0.1, 0.15) is 0 Å². The van der Waals surface area contributed by atoms with Crippen molar-refractivity contribution in [3.8, 4) is 0 Å². The lowest BCUT2D eigenvalue weighted by Crippen LogP contribution is -2.33. The molecule has 0 bridgehead atoms. The molecule has 1 aromatic rings. The van der Waals surface area contributed by atoms with Crippen LogP contribution in [0.5, 0.6) is 0 Å². The molecule has 0 saturated carbocycles. The van der Waals surface area contributed by atoms with Gasteiger partial charge in [0.05, 0.1) is 0 Å². The molecule has 1 rings (SSSR count). The van der Waals surface area contributed by atoms with Crippen LogP contribution >= 0.6 is 11.6 Å². The molecule has 1 aromatic carbocycles. The third-order valence-electron chi connectivity index (χ3n) is 2.98. The summed E-state index contributed by atoms with van der Waals surface area (Å²) in [4.78, 5) is 11.5. The van der Waals surface area contributed by atoms with Crippen molar-refractivity contribution in [2.24, 2.45) is 5.92 Å². The van der Waals surface area contributed by atoms with Crippen LogP contribution < -0.4 is 10.6 Å². The number of rotatable bonds is 5. The van der Waals surface area contributed by atoms with E-state index in [0.717, 1.165) is 22.6 Å². The number of carbonyl (C=O) groups is 1. The second-order valence-corrected chi connectivity index (χ2v) is 5.19. The number of urea groups is 1. The minimum absolute atomic E-state index is 0.188. The van der Waals surface area contributed by atoms with E-state index in [2.05, 4.69) is 24.5 Å². The first-order chi connectivity index (χ1) is 9.00. The summed E-state index contributed by atoms with van der Waals surface area (Å²) in [5.74, 6) is 0.434. The zero-order valence-corrected chi connectivity index (χ0v) is 12.4. The smallest absolute Gasteiger partial charge is 0.318 e. The number of hydrogen-bond acceptors (Lipinski definition) is 1. The van der Waals surface area contributed by atoms with E-state index in [0.29, 0.717) is 12.5 Å². The predicted molar refractivity (Wildman–Crippen MR) is 80.3 cm³/mol. The standard InChI is InChI=1S/C15H21ClN2O/c1-11(2)12(3)10-18-15(19)17-9-8-13-6-4-5-7-14(13)16/h4-7,10-11H,8-9H2,1-3H3,(H2,17,18,19)/b12-10+. The van der Waals surface area contributed by atoms with Gasteiger partial charge in [0.25, 0.3) is 0 Å². The van der Waals surface area contributed by atoms with Gasteiger partial charge in [-0.2, -0.15) is 0 Å². The first kappa shape index (κ1) is 15.6. The second-order valence-electron chi connectivity index (χ2n) is 4.78. The van der Waals surface area contributed by atoms with Crippen LogP contribution in [-0.2, 0) is 6.42 Å². The van der Waals surface area contributed by atoms with Crippen LogP contribution in [0.2, 0.25) is 5.02 Å². The van der Waals surface area contributed by atoms with Crippen LogP contribution in [0.25, 0.3) is 0 Å². The largest absolute Gasteiger partial charge is 0.338 e. The van der Waals surface area contributed by atoms with E-state index >= 15 is 0 Å². The highest BCUT2D eigenvalue weighted by atomic mass is 35.5. The van der Waals surface area contributed by atoms with Gasteiger partial charge in [-0.3, -0.25) is 0 Å². The molecule has 0 spiro atoms. The number of benzene rings is 1. The summed E-state index contributed by atoms with van der Waals surface area (Å²) in [7, 11) is 0. The normalized spacial score (nSPS) is 11.5. The van der Waals surface area contributed by atoms with Crippen LogP contribution in [-0.4, -0.2) is 12.6 Å². The van der Waals surface area contributed by atoms with E-state index in [1.165, 1.54) is 0 Å². The molecule has 3 nitrogen and oxygen atoms in total. The fourth-order valence-electron chi connectivity index (χ4n) is 1.41. The van der Waals surface area contributed by atoms with E-state index < -0.39 is 0 Å². The summed E-state index contributed by atoms with van der Waals surface area (Å²) < 4.78 is 0. The van der Waals surface area contributed by atoms with Crippen molar-refractivity contribution >= 4 is 17.6 Å². The summed E-state index contributed by atoms with van der Waals surface area (Å²) in [6, 6.07) is 7.46. The van der Waals surface area contributed by atoms with Crippen molar-refractivity contribution in [1.82, 2.24) is 10.6 Å². The highest BCUT2D eigenvalue weighted by molar-refractivity contribution is 6.31. The maximum atomic E-state index is 11.5. The Labute approximate surface area is 120 Å². The van der Waals surface area contributed by atoms with E-state index in [9.17, 15) is 4.79 Å². The number of nitrogens with one attached hydrogen (secondary N) is 2. The van der Waals surface area contributed by atoms with Gasteiger partial charge in [-0.05, 0) is 30.9 Å². The van der Waals surface area contributed by atoms with Crippen molar-refractivity contribution < 1.29 is 4.79 Å². The van der Waals surface area contributed by atoms with Gasteiger partial charge in [0.2, 0.25) is 0 Å². The number of hydrogen-bond donors (Lipinski definition) is 2. The lowest BCUT2D eigenvalue weighted by atomic mass is 10.1. The van der Waals surface area contributed by atoms with Crippen molar-refractivity contribution in [2.45, 2.75) is 27.2 Å². The topological polar surface area (TPSA) is 41.1 Å². The quantitative estimate of drug-likeness (QED) is 0.847. The van der Waals surface area contributed by atoms with Crippen LogP contribution in [0.1, 0.15) is 26.3 Å². The molecule has 0 unspecified atom stereocenters. The predicted octanol–water partition coefficient (Wildman–Crippen LogP) is 3.74. The van der Waals surface area contributed by atoms with E-state index in [4.69, 9.17) is 11.6 Å². The average Bonchev–Trinajstić information content (AvgIpc) is 2.38. The molecule has 0 radical (unpaired) electrons. The molecule has 0 atom stereocenters. The van der Waals surface area contributed by atoms with E-state index in [1.54, 1.807) is 6.20 Å². The summed E-state index contributed by atoms with van der Waals surface area (Å²) in [5.41, 5.74) is 2.18. The zero-order valence-electron chi connectivity index (χ0n) is 11.7. The highest BCUT2D eigenvalue weighted by Gasteiger charge is 2.02. The Morgan fingerprint density at radius 3 is 2.68 bits per heavy atom. The number of allylic oxidation sites excluding steroid dienone is 1. The van der Waals surface area contributed by atoms with Crippen molar-refractivity contribution in [1.29, 1.82) is 0 Å². The minimum atomic E-state index is -0.188. The Morgan fingerprint density at radius 1 is 1.37 bits per heavy atom. The van der Waals surface area contributed by atoms with Gasteiger partial charge < -0.3 is 10.6 Å². The molecule has 0 aliphatic carbocycles. The SMILES string of the molecule is C/C(=C\NC(=O)NCCc1ccccc1Cl)C(C)C. The maximum Gasteiger partial charge on any atom is 0.318 e. The van der Waals surface area contributed by atoms with Gasteiger partial charge in [-0.25, -0.2) is 4.79 Å². The van der Waals surface area contributed by atoms with Crippen LogP contribution in [0.3, 0.4) is 0 Å². The molecule has 4 heteroatoms. The third-order valence-corrected chi connectivity index (χ3v) is 3.35. The Balaban J connectivity index is 2.32. The first-order valence-corrected chi connectivity index (χ1v) is 6.83. The first-order valence-electron chi connectivity index (χ1n) is 6.45. The van der Waals surface area contributed by atoms with Crippen LogP contribution in [0.4, 0.5) is 4.79 Å². The fourth-order valence-corrected chi connectivity index (χ4v) is 1.64. The second kappa shape index (κ2) is 7.85. The van der Waals surface area contributed by atoms with Gasteiger partial charge in [0, 0.05) is 17.8 Å². The summed E-state index contributed by atoms with van der Waals surface area (Å²) in [6.07, 6.45) is 2.47. The minimum Gasteiger partial charge on any atom is -0.338 e. The molecular formula is C15H21ClN2O. The molecule has 2 amide bonds. The van der Waals surface area contributed by atoms with Crippen LogP contribution in [0.15, 0.2) is 36.0 Å². The Kier molecular flexibility index (Phi) is 6.43. The molecule has 19 heavy (non-hydrogen) atoms. The van der Waals surface area contributed by atoms with Crippen molar-refractivity contribution in [3.63, 3.8) is 0 Å². The van der Waals surface area contributed by atoms with Gasteiger partial charge >= 0.3 is 6.03 Å². The lowest BCUT2D eigenvalue weighted by molar-refractivity contribution is 0.244. The number of carbonyl (C=O) groups excluding carboxylic acids is 1. The van der Waals surface area contributed by atoms with Crippen LogP contribution in [0, 0.1) is 5.92 Å².